The lowest BCUT2D eigenvalue weighted by molar-refractivity contribution is -0.122. The van der Waals surface area contributed by atoms with Crippen LogP contribution in [-0.2, 0) is 4.79 Å². The number of nitrogens with one attached hydrogen (secondary N) is 2. The summed E-state index contributed by atoms with van der Waals surface area (Å²) in [6, 6.07) is 0.601. The van der Waals surface area contributed by atoms with Crippen LogP contribution in [0.2, 0.25) is 0 Å². The van der Waals surface area contributed by atoms with Crippen LogP contribution in [-0.4, -0.2) is 24.0 Å². The Bertz CT molecular complexity index is 292. The van der Waals surface area contributed by atoms with E-state index in [2.05, 4.69) is 24.5 Å². The fraction of sp³-hybridized carbons (Fsp3) is 0.938. The van der Waals surface area contributed by atoms with Crippen molar-refractivity contribution in [3.05, 3.63) is 0 Å². The largest absolute Gasteiger partial charge is 0.351 e. The maximum atomic E-state index is 11.7. The molecule has 1 fully saturated rings. The monoisotopic (exact) mass is 268 g/mol. The fourth-order valence-electron chi connectivity index (χ4n) is 2.74. The average molecular weight is 268 g/mol. The SMILES string of the molecule is CC1(C)CCCC(NCCC(=O)NC(C)(C)C)CC1. The van der Waals surface area contributed by atoms with Gasteiger partial charge in [-0.3, -0.25) is 4.79 Å². The molecule has 1 rings (SSSR count). The summed E-state index contributed by atoms with van der Waals surface area (Å²) in [6.07, 6.45) is 7.00. The maximum absolute atomic E-state index is 11.7. The Hall–Kier alpha value is -0.570. The van der Waals surface area contributed by atoms with Gasteiger partial charge in [-0.25, -0.2) is 0 Å². The van der Waals surface area contributed by atoms with Crippen molar-refractivity contribution in [1.82, 2.24) is 10.6 Å². The fourth-order valence-corrected chi connectivity index (χ4v) is 2.74. The molecule has 1 amide bonds. The van der Waals surface area contributed by atoms with Crippen molar-refractivity contribution in [2.24, 2.45) is 5.41 Å². The third kappa shape index (κ3) is 7.56. The predicted molar refractivity (Wildman–Crippen MR) is 81.2 cm³/mol. The van der Waals surface area contributed by atoms with Crippen molar-refractivity contribution in [1.29, 1.82) is 0 Å². The molecule has 0 bridgehead atoms. The van der Waals surface area contributed by atoms with Gasteiger partial charge >= 0.3 is 0 Å². The zero-order valence-electron chi connectivity index (χ0n) is 13.4. The highest BCUT2D eigenvalue weighted by Gasteiger charge is 2.24. The molecule has 19 heavy (non-hydrogen) atoms. The Balaban J connectivity index is 2.21. The van der Waals surface area contributed by atoms with Gasteiger partial charge in [0.05, 0.1) is 0 Å². The van der Waals surface area contributed by atoms with Crippen molar-refractivity contribution in [2.45, 2.75) is 84.7 Å². The van der Waals surface area contributed by atoms with Crippen molar-refractivity contribution < 1.29 is 4.79 Å². The van der Waals surface area contributed by atoms with Crippen molar-refractivity contribution in [2.75, 3.05) is 6.54 Å². The molecule has 0 aliphatic heterocycles. The van der Waals surface area contributed by atoms with E-state index in [0.717, 1.165) is 6.54 Å². The van der Waals surface area contributed by atoms with Gasteiger partial charge in [-0.15, -0.1) is 0 Å². The van der Waals surface area contributed by atoms with Gasteiger partial charge < -0.3 is 10.6 Å². The number of carbonyl (C=O) groups is 1. The molecule has 1 aliphatic carbocycles. The van der Waals surface area contributed by atoms with Crippen molar-refractivity contribution in [3.8, 4) is 0 Å². The highest BCUT2D eigenvalue weighted by molar-refractivity contribution is 5.76. The zero-order valence-corrected chi connectivity index (χ0v) is 13.4. The Morgan fingerprint density at radius 2 is 1.89 bits per heavy atom. The van der Waals surface area contributed by atoms with Gasteiger partial charge in [-0.1, -0.05) is 20.3 Å². The molecule has 1 unspecified atom stereocenters. The van der Waals surface area contributed by atoms with Gasteiger partial charge in [-0.2, -0.15) is 0 Å². The van der Waals surface area contributed by atoms with Crippen LogP contribution in [0.1, 0.15) is 73.1 Å². The van der Waals surface area contributed by atoms with Crippen LogP contribution in [0.15, 0.2) is 0 Å². The lowest BCUT2D eigenvalue weighted by atomic mass is 9.85. The minimum Gasteiger partial charge on any atom is -0.351 e. The summed E-state index contributed by atoms with van der Waals surface area (Å²) in [5.74, 6) is 0.147. The van der Waals surface area contributed by atoms with Crippen LogP contribution in [0.5, 0.6) is 0 Å². The molecule has 1 saturated carbocycles. The number of carbonyl (C=O) groups excluding carboxylic acids is 1. The molecule has 3 heteroatoms. The molecule has 2 N–H and O–H groups in total. The van der Waals surface area contributed by atoms with E-state index in [-0.39, 0.29) is 11.4 Å². The molecule has 1 aliphatic rings. The van der Waals surface area contributed by atoms with E-state index in [1.165, 1.54) is 32.1 Å². The third-order valence-electron chi connectivity index (χ3n) is 3.88. The lowest BCUT2D eigenvalue weighted by Crippen LogP contribution is -2.42. The summed E-state index contributed by atoms with van der Waals surface area (Å²) >= 11 is 0. The van der Waals surface area contributed by atoms with Gasteiger partial charge in [0.1, 0.15) is 0 Å². The quantitative estimate of drug-likeness (QED) is 0.769. The minimum atomic E-state index is -0.122. The van der Waals surface area contributed by atoms with E-state index in [9.17, 15) is 4.79 Å². The number of hydrogen-bond acceptors (Lipinski definition) is 2. The summed E-state index contributed by atoms with van der Waals surface area (Å²) < 4.78 is 0. The predicted octanol–water partition coefficient (Wildman–Crippen LogP) is 3.24. The maximum Gasteiger partial charge on any atom is 0.221 e. The Morgan fingerprint density at radius 1 is 1.21 bits per heavy atom. The summed E-state index contributed by atoms with van der Waals surface area (Å²) in [6.45, 7) is 11.6. The van der Waals surface area contributed by atoms with Crippen LogP contribution in [0.25, 0.3) is 0 Å². The first-order valence-corrected chi connectivity index (χ1v) is 7.72. The molecule has 0 saturated heterocycles. The van der Waals surface area contributed by atoms with Crippen LogP contribution in [0.4, 0.5) is 0 Å². The highest BCUT2D eigenvalue weighted by atomic mass is 16.1. The normalized spacial score (nSPS) is 23.7. The molecule has 0 aromatic carbocycles. The first kappa shape index (κ1) is 16.5. The van der Waals surface area contributed by atoms with E-state index in [4.69, 9.17) is 0 Å². The second-order valence-electron chi connectivity index (χ2n) is 7.79. The molecule has 0 heterocycles. The second-order valence-corrected chi connectivity index (χ2v) is 7.79. The molecule has 1 atom stereocenters. The molecule has 0 aromatic heterocycles. The average Bonchev–Trinajstić information content (AvgIpc) is 2.37. The van der Waals surface area contributed by atoms with Gasteiger partial charge in [0.25, 0.3) is 0 Å². The van der Waals surface area contributed by atoms with E-state index in [1.807, 2.05) is 20.8 Å². The lowest BCUT2D eigenvalue weighted by Gasteiger charge is -2.22. The molecule has 0 aromatic rings. The smallest absolute Gasteiger partial charge is 0.221 e. The van der Waals surface area contributed by atoms with Crippen molar-refractivity contribution >= 4 is 5.91 Å². The molecule has 0 spiro atoms. The highest BCUT2D eigenvalue weighted by Crippen LogP contribution is 2.33. The van der Waals surface area contributed by atoms with Gasteiger partial charge in [-0.05, 0) is 51.9 Å². The van der Waals surface area contributed by atoms with Crippen LogP contribution < -0.4 is 10.6 Å². The van der Waals surface area contributed by atoms with Gasteiger partial charge in [0.15, 0.2) is 0 Å². The summed E-state index contributed by atoms with van der Waals surface area (Å²) in [7, 11) is 0. The van der Waals surface area contributed by atoms with E-state index < -0.39 is 0 Å². The third-order valence-corrected chi connectivity index (χ3v) is 3.88. The molecular formula is C16H32N2O. The minimum absolute atomic E-state index is 0.122. The number of rotatable bonds is 4. The van der Waals surface area contributed by atoms with Crippen LogP contribution >= 0.6 is 0 Å². The first-order chi connectivity index (χ1) is 8.68. The number of amides is 1. The second kappa shape index (κ2) is 6.74. The van der Waals surface area contributed by atoms with E-state index in [0.29, 0.717) is 17.9 Å². The Labute approximate surface area is 118 Å². The Kier molecular flexibility index (Phi) is 5.84. The topological polar surface area (TPSA) is 41.1 Å². The summed E-state index contributed by atoms with van der Waals surface area (Å²) in [5, 5.41) is 6.56. The summed E-state index contributed by atoms with van der Waals surface area (Å²) in [4.78, 5) is 11.7. The van der Waals surface area contributed by atoms with Crippen molar-refractivity contribution in [3.63, 3.8) is 0 Å². The molecule has 3 nitrogen and oxygen atoms in total. The standard InChI is InChI=1S/C16H32N2O/c1-15(2,3)18-14(19)9-12-17-13-7-6-10-16(4,5)11-8-13/h13,17H,6-12H2,1-5H3,(H,18,19). The Morgan fingerprint density at radius 3 is 2.53 bits per heavy atom. The molecular weight excluding hydrogens is 236 g/mol. The molecule has 112 valence electrons. The molecule has 0 radical (unpaired) electrons. The van der Waals surface area contributed by atoms with E-state index >= 15 is 0 Å². The van der Waals surface area contributed by atoms with Crippen LogP contribution in [0, 0.1) is 5.41 Å². The van der Waals surface area contributed by atoms with E-state index in [1.54, 1.807) is 0 Å². The van der Waals surface area contributed by atoms with Crippen LogP contribution in [0.3, 0.4) is 0 Å². The van der Waals surface area contributed by atoms with Gasteiger partial charge in [0.2, 0.25) is 5.91 Å². The number of hydrogen-bond donors (Lipinski definition) is 2. The summed E-state index contributed by atoms with van der Waals surface area (Å²) in [5.41, 5.74) is 0.378. The van der Waals surface area contributed by atoms with Gasteiger partial charge in [0, 0.05) is 24.5 Å². The first-order valence-electron chi connectivity index (χ1n) is 7.72. The zero-order chi connectivity index (χ0) is 14.5.